The van der Waals surface area contributed by atoms with Gasteiger partial charge in [0.2, 0.25) is 0 Å². The summed E-state index contributed by atoms with van der Waals surface area (Å²) in [6, 6.07) is 15.5. The number of fused-ring (bicyclic) bond motifs is 1. The molecule has 0 fully saturated rings. The molecule has 0 bridgehead atoms. The molecule has 2 atom stereocenters. The Morgan fingerprint density at radius 3 is 2.70 bits per heavy atom. The summed E-state index contributed by atoms with van der Waals surface area (Å²) in [5.74, 6) is 0. The van der Waals surface area contributed by atoms with Crippen molar-refractivity contribution in [1.82, 2.24) is 25.3 Å². The number of pyridine rings is 2. The van der Waals surface area contributed by atoms with Crippen molar-refractivity contribution in [1.29, 1.82) is 0 Å². The van der Waals surface area contributed by atoms with Crippen LogP contribution in [0.3, 0.4) is 0 Å². The van der Waals surface area contributed by atoms with Crippen LogP contribution in [0.25, 0.3) is 39.1 Å². The highest BCUT2D eigenvalue weighted by Gasteiger charge is 2.17. The van der Waals surface area contributed by atoms with Gasteiger partial charge in [-0.3, -0.25) is 9.97 Å². The van der Waals surface area contributed by atoms with E-state index in [0.29, 0.717) is 12.1 Å². The van der Waals surface area contributed by atoms with Crippen LogP contribution in [0.2, 0.25) is 0 Å². The molecule has 4 heterocycles. The molecule has 0 spiro atoms. The van der Waals surface area contributed by atoms with Crippen LogP contribution in [0.4, 0.5) is 0 Å². The molecule has 0 aliphatic carbocycles. The number of hydrogen-bond donors (Lipinski definition) is 2. The molecule has 5 rings (SSSR count). The second kappa shape index (κ2) is 7.50. The maximum absolute atomic E-state index is 4.72. The van der Waals surface area contributed by atoms with Crippen LogP contribution in [-0.4, -0.2) is 32.0 Å². The zero-order valence-electron chi connectivity index (χ0n) is 17.5. The van der Waals surface area contributed by atoms with Gasteiger partial charge in [-0.25, -0.2) is 4.98 Å². The number of hydrogen-bond acceptors (Lipinski definition) is 4. The summed E-state index contributed by atoms with van der Waals surface area (Å²) in [6.07, 6.45) is 7.05. The summed E-state index contributed by atoms with van der Waals surface area (Å²) in [7, 11) is 0. The minimum Gasteiger partial charge on any atom is -0.343 e. The average molecular weight is 396 g/mol. The Morgan fingerprint density at radius 2 is 1.87 bits per heavy atom. The summed E-state index contributed by atoms with van der Waals surface area (Å²) in [5.41, 5.74) is 8.33. The van der Waals surface area contributed by atoms with Crippen molar-refractivity contribution in [2.24, 2.45) is 0 Å². The minimum atomic E-state index is 0.374. The van der Waals surface area contributed by atoms with E-state index in [1.165, 1.54) is 11.1 Å². The van der Waals surface area contributed by atoms with Crippen LogP contribution in [0.15, 0.2) is 61.1 Å². The summed E-state index contributed by atoms with van der Waals surface area (Å²) in [5, 5.41) is 4.68. The molecule has 5 nitrogen and oxygen atoms in total. The molecule has 5 heteroatoms. The van der Waals surface area contributed by atoms with Gasteiger partial charge in [0.25, 0.3) is 0 Å². The number of imidazole rings is 1. The number of aryl methyl sites for hydroxylation is 1. The summed E-state index contributed by atoms with van der Waals surface area (Å²) < 4.78 is 0. The topological polar surface area (TPSA) is 66.5 Å². The number of benzene rings is 1. The van der Waals surface area contributed by atoms with Gasteiger partial charge >= 0.3 is 0 Å². The van der Waals surface area contributed by atoms with E-state index in [1.807, 2.05) is 31.3 Å². The van der Waals surface area contributed by atoms with Gasteiger partial charge in [-0.2, -0.15) is 0 Å². The molecule has 30 heavy (non-hydrogen) atoms. The van der Waals surface area contributed by atoms with Crippen LogP contribution >= 0.6 is 0 Å². The lowest BCUT2D eigenvalue weighted by Crippen LogP contribution is -2.36. The predicted molar refractivity (Wildman–Crippen MR) is 122 cm³/mol. The molecule has 0 radical (unpaired) electrons. The smallest absolute Gasteiger partial charge is 0.0977 e. The van der Waals surface area contributed by atoms with E-state index in [4.69, 9.17) is 4.98 Å². The molecule has 0 amide bonds. The predicted octanol–water partition coefficient (Wildman–Crippen LogP) is 5.15. The van der Waals surface area contributed by atoms with Gasteiger partial charge in [-0.05, 0) is 68.7 Å². The van der Waals surface area contributed by atoms with Crippen molar-refractivity contribution in [3.63, 3.8) is 0 Å². The Labute approximate surface area is 176 Å². The van der Waals surface area contributed by atoms with Crippen LogP contribution in [0, 0.1) is 6.92 Å². The zero-order valence-corrected chi connectivity index (χ0v) is 17.5. The number of aromatic amines is 1. The fourth-order valence-corrected chi connectivity index (χ4v) is 4.31. The number of rotatable bonds is 3. The van der Waals surface area contributed by atoms with Crippen LogP contribution < -0.4 is 5.32 Å². The van der Waals surface area contributed by atoms with E-state index >= 15 is 0 Å². The van der Waals surface area contributed by atoms with Gasteiger partial charge in [0.1, 0.15) is 0 Å². The third-order valence-electron chi connectivity index (χ3n) is 5.63. The standard InChI is InChI=1S/C25H25N5/c1-15-5-4-6-23(30-15)25-24(27-14-28-25)18-7-8-22-20(11-18)12-21(13-26-22)19-9-16(2)29-17(3)10-19/h4-9,11-14,16-17,29H,10H2,1-3H3,(H,27,28)/t16-,17-/m1/s1. The summed E-state index contributed by atoms with van der Waals surface area (Å²) in [4.78, 5) is 17.2. The number of H-pyrrole nitrogens is 1. The van der Waals surface area contributed by atoms with Crippen molar-refractivity contribution in [2.75, 3.05) is 0 Å². The SMILES string of the molecule is Cc1cccc(-c2[nH]cnc2-c2ccc3ncc(C4=C[C@@H](C)N[C@H](C)C4)cc3c2)n1. The molecule has 4 aromatic rings. The van der Waals surface area contributed by atoms with Gasteiger partial charge in [0.15, 0.2) is 0 Å². The molecular formula is C25H25N5. The van der Waals surface area contributed by atoms with E-state index in [1.54, 1.807) is 6.33 Å². The average Bonchev–Trinajstić information content (AvgIpc) is 3.22. The lowest BCUT2D eigenvalue weighted by molar-refractivity contribution is 0.506. The second-order valence-electron chi connectivity index (χ2n) is 8.17. The molecule has 1 aromatic carbocycles. The van der Waals surface area contributed by atoms with Crippen molar-refractivity contribution in [3.8, 4) is 22.6 Å². The van der Waals surface area contributed by atoms with Crippen molar-refractivity contribution >= 4 is 16.5 Å². The fraction of sp³-hybridized carbons (Fsp3) is 0.240. The van der Waals surface area contributed by atoms with E-state index in [-0.39, 0.29) is 0 Å². The number of nitrogens with zero attached hydrogens (tertiary/aromatic N) is 3. The largest absolute Gasteiger partial charge is 0.343 e. The third kappa shape index (κ3) is 3.53. The molecule has 0 saturated heterocycles. The lowest BCUT2D eigenvalue weighted by Gasteiger charge is -2.26. The van der Waals surface area contributed by atoms with E-state index < -0.39 is 0 Å². The highest BCUT2D eigenvalue weighted by atomic mass is 14.9. The Kier molecular flexibility index (Phi) is 4.68. The monoisotopic (exact) mass is 395 g/mol. The van der Waals surface area contributed by atoms with E-state index in [0.717, 1.165) is 45.7 Å². The Hall–Kier alpha value is -3.31. The van der Waals surface area contributed by atoms with Crippen molar-refractivity contribution < 1.29 is 0 Å². The number of nitrogens with one attached hydrogen (secondary N) is 2. The molecular weight excluding hydrogens is 370 g/mol. The lowest BCUT2D eigenvalue weighted by atomic mass is 9.93. The Balaban J connectivity index is 1.57. The van der Waals surface area contributed by atoms with Crippen molar-refractivity contribution in [3.05, 3.63) is 72.3 Å². The van der Waals surface area contributed by atoms with Gasteiger partial charge in [0.05, 0.1) is 28.9 Å². The quantitative estimate of drug-likeness (QED) is 0.503. The molecule has 1 aliphatic rings. The van der Waals surface area contributed by atoms with Gasteiger partial charge in [0, 0.05) is 34.9 Å². The minimum absolute atomic E-state index is 0.374. The molecule has 1 aliphatic heterocycles. The van der Waals surface area contributed by atoms with E-state index in [9.17, 15) is 0 Å². The molecule has 0 saturated carbocycles. The summed E-state index contributed by atoms with van der Waals surface area (Å²) in [6.45, 7) is 6.43. The highest BCUT2D eigenvalue weighted by molar-refractivity contribution is 5.88. The first-order chi connectivity index (χ1) is 14.6. The summed E-state index contributed by atoms with van der Waals surface area (Å²) >= 11 is 0. The first kappa shape index (κ1) is 18.7. The maximum Gasteiger partial charge on any atom is 0.0977 e. The molecule has 150 valence electrons. The number of aromatic nitrogens is 4. The first-order valence-electron chi connectivity index (χ1n) is 10.4. The van der Waals surface area contributed by atoms with Gasteiger partial charge in [-0.15, -0.1) is 0 Å². The Bertz CT molecular complexity index is 1250. The van der Waals surface area contributed by atoms with Crippen molar-refractivity contribution in [2.45, 2.75) is 39.3 Å². The van der Waals surface area contributed by atoms with Gasteiger partial charge in [-0.1, -0.05) is 18.2 Å². The fourth-order valence-electron chi connectivity index (χ4n) is 4.31. The second-order valence-corrected chi connectivity index (χ2v) is 8.17. The molecule has 0 unspecified atom stereocenters. The maximum atomic E-state index is 4.72. The van der Waals surface area contributed by atoms with Crippen LogP contribution in [0.5, 0.6) is 0 Å². The third-order valence-corrected chi connectivity index (χ3v) is 5.63. The normalized spacial score (nSPS) is 19.1. The van der Waals surface area contributed by atoms with E-state index in [2.05, 4.69) is 64.5 Å². The van der Waals surface area contributed by atoms with Gasteiger partial charge < -0.3 is 10.3 Å². The van der Waals surface area contributed by atoms with Crippen LogP contribution in [-0.2, 0) is 0 Å². The first-order valence-corrected chi connectivity index (χ1v) is 10.4. The van der Waals surface area contributed by atoms with Crippen LogP contribution in [0.1, 0.15) is 31.5 Å². The highest BCUT2D eigenvalue weighted by Crippen LogP contribution is 2.31. The molecule has 3 aromatic heterocycles. The Morgan fingerprint density at radius 1 is 1.00 bits per heavy atom. The molecule has 2 N–H and O–H groups in total. The zero-order chi connectivity index (χ0) is 20.7.